The van der Waals surface area contributed by atoms with Crippen molar-refractivity contribution in [1.29, 1.82) is 0 Å². The van der Waals surface area contributed by atoms with Gasteiger partial charge in [0.15, 0.2) is 0 Å². The fourth-order valence-corrected chi connectivity index (χ4v) is 3.54. The molecule has 1 unspecified atom stereocenters. The fourth-order valence-electron chi connectivity index (χ4n) is 3.23. The van der Waals surface area contributed by atoms with Crippen molar-refractivity contribution in [2.45, 2.75) is 26.3 Å². The lowest BCUT2D eigenvalue weighted by atomic mass is 10.0. The largest absolute Gasteiger partial charge is 0.379 e. The molecule has 0 saturated carbocycles. The third kappa shape index (κ3) is 4.48. The van der Waals surface area contributed by atoms with Crippen LogP contribution in [0.5, 0.6) is 0 Å². The first kappa shape index (κ1) is 19.4. The second-order valence-electron chi connectivity index (χ2n) is 6.46. The molecule has 0 aliphatic carbocycles. The van der Waals surface area contributed by atoms with Crippen molar-refractivity contribution in [2.24, 2.45) is 0 Å². The van der Waals surface area contributed by atoms with Gasteiger partial charge in [0.25, 0.3) is 5.91 Å². The Labute approximate surface area is 163 Å². The van der Waals surface area contributed by atoms with E-state index in [1.165, 1.54) is 0 Å². The van der Waals surface area contributed by atoms with Gasteiger partial charge in [-0.25, -0.2) is 4.98 Å². The van der Waals surface area contributed by atoms with Gasteiger partial charge in [0, 0.05) is 42.0 Å². The number of halogens is 1. The molecular weight excluding hydrogens is 366 g/mol. The number of carbonyl (C=O) groups excluding carboxylic acids is 1. The van der Waals surface area contributed by atoms with Crippen LogP contribution >= 0.6 is 11.6 Å². The Kier molecular flexibility index (Phi) is 6.13. The minimum Gasteiger partial charge on any atom is -0.379 e. The number of nitrogen functional groups attached to an aromatic ring is 1. The summed E-state index contributed by atoms with van der Waals surface area (Å²) in [5.41, 5.74) is 8.08. The summed E-state index contributed by atoms with van der Waals surface area (Å²) in [6.45, 7) is 6.24. The van der Waals surface area contributed by atoms with E-state index >= 15 is 0 Å². The van der Waals surface area contributed by atoms with Crippen LogP contribution in [0.25, 0.3) is 0 Å². The topological polar surface area (TPSA) is 93.4 Å². The summed E-state index contributed by atoms with van der Waals surface area (Å²) < 4.78 is 5.79. The van der Waals surface area contributed by atoms with Gasteiger partial charge in [-0.3, -0.25) is 4.79 Å². The molecule has 0 radical (unpaired) electrons. The highest BCUT2D eigenvalue weighted by Crippen LogP contribution is 2.33. The van der Waals surface area contributed by atoms with Crippen LogP contribution in [-0.2, 0) is 4.74 Å². The second-order valence-corrected chi connectivity index (χ2v) is 6.87. The van der Waals surface area contributed by atoms with E-state index in [0.717, 1.165) is 30.0 Å². The standard InChI is InChI=1S/C19H24ClN5O2/c1-3-22-18(26)13-5-6-14(15(20)10-13)16-11-27-8-4-7-25(16)17-9-12(2)23-19(21)24-17/h5-6,9-10,16H,3-4,7-8,11H2,1-2H3,(H,22,26)(H2,21,23,24). The molecule has 1 saturated heterocycles. The van der Waals surface area contributed by atoms with Gasteiger partial charge in [-0.2, -0.15) is 4.98 Å². The molecular formula is C19H24ClN5O2. The third-order valence-electron chi connectivity index (χ3n) is 4.45. The van der Waals surface area contributed by atoms with Gasteiger partial charge >= 0.3 is 0 Å². The number of aryl methyl sites for hydroxylation is 1. The Hall–Kier alpha value is -2.38. The number of rotatable bonds is 4. The Bertz CT molecular complexity index is 809. The lowest BCUT2D eigenvalue weighted by Crippen LogP contribution is -2.32. The van der Waals surface area contributed by atoms with Crippen molar-refractivity contribution in [1.82, 2.24) is 15.3 Å². The van der Waals surface area contributed by atoms with E-state index < -0.39 is 0 Å². The van der Waals surface area contributed by atoms with Crippen LogP contribution in [0.3, 0.4) is 0 Å². The number of aromatic nitrogens is 2. The van der Waals surface area contributed by atoms with Gasteiger partial charge in [0.2, 0.25) is 5.95 Å². The van der Waals surface area contributed by atoms with E-state index in [4.69, 9.17) is 22.1 Å². The van der Waals surface area contributed by atoms with Crippen LogP contribution < -0.4 is 16.0 Å². The van der Waals surface area contributed by atoms with Crippen molar-refractivity contribution >= 4 is 29.3 Å². The van der Waals surface area contributed by atoms with Crippen molar-refractivity contribution in [2.75, 3.05) is 36.9 Å². The smallest absolute Gasteiger partial charge is 0.251 e. The average molecular weight is 390 g/mol. The molecule has 0 bridgehead atoms. The summed E-state index contributed by atoms with van der Waals surface area (Å²) in [6, 6.07) is 7.15. The van der Waals surface area contributed by atoms with Gasteiger partial charge in [-0.05, 0) is 38.0 Å². The number of amides is 1. The van der Waals surface area contributed by atoms with Crippen molar-refractivity contribution in [3.05, 3.63) is 46.1 Å². The van der Waals surface area contributed by atoms with E-state index in [1.54, 1.807) is 12.1 Å². The number of nitrogens with zero attached hydrogens (tertiary/aromatic N) is 3. The zero-order valence-corrected chi connectivity index (χ0v) is 16.3. The van der Waals surface area contributed by atoms with Crippen molar-refractivity contribution < 1.29 is 9.53 Å². The first-order valence-corrected chi connectivity index (χ1v) is 9.40. The molecule has 7 nitrogen and oxygen atoms in total. The highest BCUT2D eigenvalue weighted by molar-refractivity contribution is 6.31. The number of anilines is 2. The second kappa shape index (κ2) is 8.54. The SMILES string of the molecule is CCNC(=O)c1ccc(C2COCCCN2c2cc(C)nc(N)n2)c(Cl)c1. The summed E-state index contributed by atoms with van der Waals surface area (Å²) in [5.74, 6) is 0.852. The molecule has 144 valence electrons. The number of nitrogens with one attached hydrogen (secondary N) is 1. The van der Waals surface area contributed by atoms with Gasteiger partial charge in [-0.1, -0.05) is 17.7 Å². The fraction of sp³-hybridized carbons (Fsp3) is 0.421. The van der Waals surface area contributed by atoms with Crippen LogP contribution in [0.2, 0.25) is 5.02 Å². The first-order valence-electron chi connectivity index (χ1n) is 9.02. The molecule has 2 heterocycles. The molecule has 0 spiro atoms. The maximum absolute atomic E-state index is 12.1. The molecule has 1 aliphatic rings. The number of benzene rings is 1. The van der Waals surface area contributed by atoms with E-state index in [1.807, 2.05) is 26.0 Å². The Balaban J connectivity index is 1.97. The number of carbonyl (C=O) groups is 1. The van der Waals surface area contributed by atoms with E-state index in [0.29, 0.717) is 30.3 Å². The molecule has 1 aliphatic heterocycles. The van der Waals surface area contributed by atoms with Gasteiger partial charge in [0.05, 0.1) is 12.6 Å². The van der Waals surface area contributed by atoms with E-state index in [9.17, 15) is 4.79 Å². The maximum Gasteiger partial charge on any atom is 0.251 e. The summed E-state index contributed by atoms with van der Waals surface area (Å²) >= 11 is 6.56. The number of ether oxygens (including phenoxy) is 1. The summed E-state index contributed by atoms with van der Waals surface area (Å²) in [6.07, 6.45) is 0.869. The normalized spacial score (nSPS) is 17.4. The molecule has 8 heteroatoms. The van der Waals surface area contributed by atoms with Gasteiger partial charge in [0.1, 0.15) is 5.82 Å². The zero-order valence-electron chi connectivity index (χ0n) is 15.5. The molecule has 1 aromatic heterocycles. The van der Waals surface area contributed by atoms with E-state index in [2.05, 4.69) is 20.2 Å². The summed E-state index contributed by atoms with van der Waals surface area (Å²) in [4.78, 5) is 22.8. The van der Waals surface area contributed by atoms with Crippen LogP contribution in [0.1, 0.15) is 41.0 Å². The molecule has 3 rings (SSSR count). The van der Waals surface area contributed by atoms with Crippen molar-refractivity contribution in [3.8, 4) is 0 Å². The van der Waals surface area contributed by atoms with Gasteiger partial charge in [-0.15, -0.1) is 0 Å². The number of hydrogen-bond acceptors (Lipinski definition) is 6. The monoisotopic (exact) mass is 389 g/mol. The summed E-state index contributed by atoms with van der Waals surface area (Å²) in [5, 5.41) is 3.31. The average Bonchev–Trinajstić information content (AvgIpc) is 2.87. The van der Waals surface area contributed by atoms with Crippen molar-refractivity contribution in [3.63, 3.8) is 0 Å². The highest BCUT2D eigenvalue weighted by atomic mass is 35.5. The molecule has 1 amide bonds. The lowest BCUT2D eigenvalue weighted by molar-refractivity contribution is 0.0956. The van der Waals surface area contributed by atoms with Crippen LogP contribution in [0.4, 0.5) is 11.8 Å². The lowest BCUT2D eigenvalue weighted by Gasteiger charge is -2.31. The van der Waals surface area contributed by atoms with Crippen LogP contribution in [0, 0.1) is 6.92 Å². The molecule has 1 atom stereocenters. The molecule has 1 aromatic carbocycles. The predicted octanol–water partition coefficient (Wildman–Crippen LogP) is 2.74. The number of nitrogens with two attached hydrogens (primary N) is 1. The number of hydrogen-bond donors (Lipinski definition) is 2. The minimum absolute atomic E-state index is 0.128. The molecule has 3 N–H and O–H groups in total. The van der Waals surface area contributed by atoms with E-state index in [-0.39, 0.29) is 17.9 Å². The van der Waals surface area contributed by atoms with Crippen LogP contribution in [0.15, 0.2) is 24.3 Å². The van der Waals surface area contributed by atoms with Crippen LogP contribution in [-0.4, -0.2) is 42.2 Å². The summed E-state index contributed by atoms with van der Waals surface area (Å²) in [7, 11) is 0. The predicted molar refractivity (Wildman–Crippen MR) is 106 cm³/mol. The Morgan fingerprint density at radius 3 is 2.93 bits per heavy atom. The van der Waals surface area contributed by atoms with Gasteiger partial charge < -0.3 is 20.7 Å². The molecule has 1 fully saturated rings. The Morgan fingerprint density at radius 2 is 2.22 bits per heavy atom. The molecule has 2 aromatic rings. The minimum atomic E-state index is -0.140. The quantitative estimate of drug-likeness (QED) is 0.835. The third-order valence-corrected chi connectivity index (χ3v) is 4.78. The first-order chi connectivity index (χ1) is 13.0. The maximum atomic E-state index is 12.1. The zero-order chi connectivity index (χ0) is 19.4. The molecule has 27 heavy (non-hydrogen) atoms. The highest BCUT2D eigenvalue weighted by Gasteiger charge is 2.27. The Morgan fingerprint density at radius 1 is 1.41 bits per heavy atom.